The first kappa shape index (κ1) is 26.9. The summed E-state index contributed by atoms with van der Waals surface area (Å²) >= 11 is 0. The summed E-state index contributed by atoms with van der Waals surface area (Å²) in [6.07, 6.45) is -2.84. The fourth-order valence-corrected chi connectivity index (χ4v) is 3.34. The van der Waals surface area contributed by atoms with Crippen molar-refractivity contribution in [3.63, 3.8) is 0 Å². The maximum Gasteiger partial charge on any atom is 0.416 e. The maximum atomic E-state index is 13.2. The molecule has 0 fully saturated rings. The molecule has 2 rings (SSSR count). The second-order valence-electron chi connectivity index (χ2n) is 7.99. The molecule has 0 aliphatic heterocycles. The molecule has 0 amide bonds. The van der Waals surface area contributed by atoms with E-state index in [1.165, 1.54) is 12.1 Å². The summed E-state index contributed by atoms with van der Waals surface area (Å²) in [4.78, 5) is 23.2. The van der Waals surface area contributed by atoms with Crippen molar-refractivity contribution >= 4 is 17.5 Å². The SMILES string of the molecule is CCOc1nc(N)nc(N[C@@H](CCCCN(C)C)C(=O)Cc2cccc(C(F)(F)F)c2)c1C#N. The summed E-state index contributed by atoms with van der Waals surface area (Å²) in [5.74, 6) is -0.421. The Bertz CT molecular complexity index is 1020. The van der Waals surface area contributed by atoms with Gasteiger partial charge in [0.1, 0.15) is 6.07 Å². The quantitative estimate of drug-likeness (QED) is 0.444. The number of unbranched alkanes of at least 4 members (excludes halogenated alkanes) is 1. The number of alkyl halides is 3. The van der Waals surface area contributed by atoms with E-state index in [2.05, 4.69) is 15.3 Å². The second-order valence-corrected chi connectivity index (χ2v) is 7.99. The van der Waals surface area contributed by atoms with Gasteiger partial charge in [-0.25, -0.2) is 0 Å². The van der Waals surface area contributed by atoms with Crippen molar-refractivity contribution in [1.82, 2.24) is 14.9 Å². The molecule has 3 N–H and O–H groups in total. The lowest BCUT2D eigenvalue weighted by Gasteiger charge is -2.20. The van der Waals surface area contributed by atoms with E-state index in [4.69, 9.17) is 10.5 Å². The average Bonchev–Trinajstić information content (AvgIpc) is 2.75. The third-order valence-corrected chi connectivity index (χ3v) is 4.97. The van der Waals surface area contributed by atoms with Crippen molar-refractivity contribution < 1.29 is 22.7 Å². The molecular formula is C23H29F3N6O2. The van der Waals surface area contributed by atoms with Gasteiger partial charge in [-0.3, -0.25) is 4.79 Å². The number of halogens is 3. The monoisotopic (exact) mass is 478 g/mol. The summed E-state index contributed by atoms with van der Waals surface area (Å²) in [5.41, 5.74) is 5.19. The zero-order valence-electron chi connectivity index (χ0n) is 19.4. The third kappa shape index (κ3) is 7.88. The number of nitrogen functional groups attached to an aromatic ring is 1. The highest BCUT2D eigenvalue weighted by Gasteiger charge is 2.31. The number of carbonyl (C=O) groups excluding carboxylic acids is 1. The van der Waals surface area contributed by atoms with Crippen molar-refractivity contribution in [2.45, 2.75) is 44.8 Å². The highest BCUT2D eigenvalue weighted by Crippen LogP contribution is 2.30. The van der Waals surface area contributed by atoms with E-state index in [1.807, 2.05) is 25.1 Å². The highest BCUT2D eigenvalue weighted by atomic mass is 19.4. The van der Waals surface area contributed by atoms with Crippen LogP contribution in [0.4, 0.5) is 24.9 Å². The smallest absolute Gasteiger partial charge is 0.416 e. The summed E-state index contributed by atoms with van der Waals surface area (Å²) in [7, 11) is 3.87. The van der Waals surface area contributed by atoms with E-state index in [1.54, 1.807) is 6.92 Å². The zero-order chi connectivity index (χ0) is 25.3. The minimum Gasteiger partial charge on any atom is -0.477 e. The van der Waals surface area contributed by atoms with E-state index in [9.17, 15) is 23.2 Å². The fourth-order valence-electron chi connectivity index (χ4n) is 3.34. The summed E-state index contributed by atoms with van der Waals surface area (Å²) in [6, 6.07) is 5.85. The number of nitrogens with zero attached hydrogens (tertiary/aromatic N) is 4. The van der Waals surface area contributed by atoms with Crippen LogP contribution in [-0.2, 0) is 17.4 Å². The fraction of sp³-hybridized carbons (Fsp3) is 0.478. The molecular weight excluding hydrogens is 449 g/mol. The predicted molar refractivity (Wildman–Crippen MR) is 122 cm³/mol. The van der Waals surface area contributed by atoms with Crippen molar-refractivity contribution in [3.8, 4) is 11.9 Å². The molecule has 2 aromatic rings. The Kier molecular flexibility index (Phi) is 9.62. The van der Waals surface area contributed by atoms with Gasteiger partial charge in [-0.15, -0.1) is 0 Å². The Balaban J connectivity index is 2.30. The molecule has 1 aromatic carbocycles. The van der Waals surface area contributed by atoms with Gasteiger partial charge >= 0.3 is 6.18 Å². The van der Waals surface area contributed by atoms with Gasteiger partial charge in [0.25, 0.3) is 0 Å². The first-order valence-corrected chi connectivity index (χ1v) is 10.9. The molecule has 0 aliphatic carbocycles. The van der Waals surface area contributed by atoms with Gasteiger partial charge in [0.15, 0.2) is 17.2 Å². The van der Waals surface area contributed by atoms with Crippen molar-refractivity contribution in [3.05, 3.63) is 41.0 Å². The first-order valence-electron chi connectivity index (χ1n) is 10.9. The third-order valence-electron chi connectivity index (χ3n) is 4.97. The molecule has 8 nitrogen and oxygen atoms in total. The number of ketones is 1. The van der Waals surface area contributed by atoms with Crippen LogP contribution >= 0.6 is 0 Å². The summed E-state index contributed by atoms with van der Waals surface area (Å²) < 4.78 is 44.6. The zero-order valence-corrected chi connectivity index (χ0v) is 19.4. The molecule has 1 heterocycles. The van der Waals surface area contributed by atoms with Gasteiger partial charge in [0.2, 0.25) is 11.8 Å². The van der Waals surface area contributed by atoms with Crippen LogP contribution in [0.25, 0.3) is 0 Å². The molecule has 1 aromatic heterocycles. The number of benzene rings is 1. The van der Waals surface area contributed by atoms with Crippen LogP contribution < -0.4 is 15.8 Å². The lowest BCUT2D eigenvalue weighted by molar-refractivity contribution is -0.137. The predicted octanol–water partition coefficient (Wildman–Crippen LogP) is 3.67. The minimum atomic E-state index is -4.50. The van der Waals surface area contributed by atoms with Crippen LogP contribution in [0.1, 0.15) is 42.9 Å². The number of anilines is 2. The van der Waals surface area contributed by atoms with E-state index < -0.39 is 17.8 Å². The largest absolute Gasteiger partial charge is 0.477 e. The molecule has 0 spiro atoms. The Morgan fingerprint density at radius 2 is 2.03 bits per heavy atom. The Morgan fingerprint density at radius 3 is 2.65 bits per heavy atom. The average molecular weight is 479 g/mol. The van der Waals surface area contributed by atoms with Crippen LogP contribution in [0, 0.1) is 11.3 Å². The van der Waals surface area contributed by atoms with Crippen LogP contribution in [0.15, 0.2) is 24.3 Å². The number of nitriles is 1. The van der Waals surface area contributed by atoms with Gasteiger partial charge in [-0.1, -0.05) is 18.2 Å². The number of nitrogens with two attached hydrogens (primary N) is 1. The second kappa shape index (κ2) is 12.2. The van der Waals surface area contributed by atoms with Gasteiger partial charge in [-0.2, -0.15) is 28.4 Å². The molecule has 0 aliphatic rings. The van der Waals surface area contributed by atoms with Crippen LogP contribution in [0.3, 0.4) is 0 Å². The number of rotatable bonds is 12. The lowest BCUT2D eigenvalue weighted by atomic mass is 9.98. The van der Waals surface area contributed by atoms with Gasteiger partial charge in [-0.05, 0) is 58.5 Å². The standard InChI is InChI=1S/C23H29F3N6O2/c1-4-34-21-17(14-27)20(30-22(28)31-21)29-18(10-5-6-11-32(2)3)19(33)13-15-8-7-9-16(12-15)23(24,25)26/h7-9,12,18H,4-6,10-11,13H2,1-3H3,(H3,28,29,30,31)/t18-/m0/s1. The highest BCUT2D eigenvalue weighted by molar-refractivity contribution is 5.88. The van der Waals surface area contributed by atoms with E-state index in [0.29, 0.717) is 12.8 Å². The number of nitrogens with one attached hydrogen (secondary N) is 1. The van der Waals surface area contributed by atoms with Crippen molar-refractivity contribution in [2.75, 3.05) is 38.3 Å². The topological polar surface area (TPSA) is 117 Å². The van der Waals surface area contributed by atoms with Crippen molar-refractivity contribution in [1.29, 1.82) is 5.26 Å². The number of hydrogen-bond donors (Lipinski definition) is 2. The molecule has 184 valence electrons. The summed E-state index contributed by atoms with van der Waals surface area (Å²) in [5, 5.41) is 12.6. The van der Waals surface area contributed by atoms with E-state index in [-0.39, 0.29) is 47.6 Å². The first-order chi connectivity index (χ1) is 16.0. The normalized spacial score (nSPS) is 12.3. The lowest BCUT2D eigenvalue weighted by Crippen LogP contribution is -2.32. The van der Waals surface area contributed by atoms with Crippen LogP contribution in [0.2, 0.25) is 0 Å². The maximum absolute atomic E-state index is 13.2. The molecule has 0 unspecified atom stereocenters. The van der Waals surface area contributed by atoms with E-state index >= 15 is 0 Å². The number of hydrogen-bond acceptors (Lipinski definition) is 8. The van der Waals surface area contributed by atoms with Crippen LogP contribution in [0.5, 0.6) is 5.88 Å². The minimum absolute atomic E-state index is 0.00112. The van der Waals surface area contributed by atoms with Crippen molar-refractivity contribution in [2.24, 2.45) is 0 Å². The molecule has 0 bridgehead atoms. The molecule has 34 heavy (non-hydrogen) atoms. The van der Waals surface area contributed by atoms with Gasteiger partial charge in [0.05, 0.1) is 18.2 Å². The number of ether oxygens (including phenoxy) is 1. The molecule has 11 heteroatoms. The van der Waals surface area contributed by atoms with Crippen LogP contribution in [-0.4, -0.2) is 53.9 Å². The van der Waals surface area contributed by atoms with Gasteiger partial charge in [0, 0.05) is 6.42 Å². The molecule has 0 radical (unpaired) electrons. The molecule has 0 saturated carbocycles. The Labute approximate surface area is 196 Å². The Morgan fingerprint density at radius 1 is 1.29 bits per heavy atom. The van der Waals surface area contributed by atoms with Gasteiger partial charge < -0.3 is 20.7 Å². The Hall–Kier alpha value is -3.39. The number of Topliss-reactive ketones (excluding diaryl/α,β-unsaturated/α-hetero) is 1. The number of aromatic nitrogens is 2. The summed E-state index contributed by atoms with van der Waals surface area (Å²) in [6.45, 7) is 2.78. The van der Waals surface area contributed by atoms with E-state index in [0.717, 1.165) is 25.1 Å². The number of carbonyl (C=O) groups is 1. The molecule has 1 atom stereocenters. The molecule has 0 saturated heterocycles.